The summed E-state index contributed by atoms with van der Waals surface area (Å²) in [6.45, 7) is 2.22. The number of nitrogens with zero attached hydrogens (tertiary/aromatic N) is 1. The van der Waals surface area contributed by atoms with Crippen LogP contribution in [0.1, 0.15) is 49.5 Å². The summed E-state index contributed by atoms with van der Waals surface area (Å²) in [7, 11) is 0. The molecule has 1 saturated heterocycles. The summed E-state index contributed by atoms with van der Waals surface area (Å²) >= 11 is 0. The SMILES string of the molecule is NC1(c2ncc(C3CCCNC3)[nH]2)CCC1. The van der Waals surface area contributed by atoms with Crippen molar-refractivity contribution in [2.75, 3.05) is 13.1 Å². The minimum Gasteiger partial charge on any atom is -0.344 e. The van der Waals surface area contributed by atoms with Gasteiger partial charge in [-0.25, -0.2) is 4.98 Å². The maximum Gasteiger partial charge on any atom is 0.126 e. The van der Waals surface area contributed by atoms with Crippen molar-refractivity contribution in [2.45, 2.75) is 43.6 Å². The van der Waals surface area contributed by atoms with Gasteiger partial charge < -0.3 is 16.0 Å². The van der Waals surface area contributed by atoms with Gasteiger partial charge in [0.1, 0.15) is 5.82 Å². The number of nitrogens with two attached hydrogens (primary N) is 1. The highest BCUT2D eigenvalue weighted by Crippen LogP contribution is 2.37. The number of hydrogen-bond donors (Lipinski definition) is 3. The lowest BCUT2D eigenvalue weighted by molar-refractivity contribution is 0.239. The Hall–Kier alpha value is -0.870. The van der Waals surface area contributed by atoms with E-state index < -0.39 is 0 Å². The molecule has 2 heterocycles. The first kappa shape index (κ1) is 10.3. The van der Waals surface area contributed by atoms with Crippen molar-refractivity contribution in [1.29, 1.82) is 0 Å². The fourth-order valence-electron chi connectivity index (χ4n) is 2.71. The molecule has 0 radical (unpaired) electrons. The molecule has 1 aliphatic heterocycles. The van der Waals surface area contributed by atoms with Crippen molar-refractivity contribution in [1.82, 2.24) is 15.3 Å². The van der Waals surface area contributed by atoms with Gasteiger partial charge in [-0.15, -0.1) is 0 Å². The van der Waals surface area contributed by atoms with Crippen LogP contribution in [0.4, 0.5) is 0 Å². The van der Waals surface area contributed by atoms with E-state index in [-0.39, 0.29) is 5.54 Å². The quantitative estimate of drug-likeness (QED) is 0.702. The number of aromatic amines is 1. The zero-order chi connectivity index (χ0) is 11.0. The first-order chi connectivity index (χ1) is 7.78. The van der Waals surface area contributed by atoms with Gasteiger partial charge in [0.15, 0.2) is 0 Å². The van der Waals surface area contributed by atoms with Crippen LogP contribution in [-0.2, 0) is 5.54 Å². The number of rotatable bonds is 2. The van der Waals surface area contributed by atoms with E-state index in [1.165, 1.54) is 25.0 Å². The Morgan fingerprint density at radius 3 is 2.88 bits per heavy atom. The predicted molar refractivity (Wildman–Crippen MR) is 63.1 cm³/mol. The zero-order valence-electron chi connectivity index (χ0n) is 9.63. The number of H-pyrrole nitrogens is 1. The van der Waals surface area contributed by atoms with Crippen LogP contribution in [0.15, 0.2) is 6.20 Å². The zero-order valence-corrected chi connectivity index (χ0v) is 9.63. The normalized spacial score (nSPS) is 28.7. The largest absolute Gasteiger partial charge is 0.344 e. The summed E-state index contributed by atoms with van der Waals surface area (Å²) in [6.07, 6.45) is 7.88. The molecule has 4 nitrogen and oxygen atoms in total. The highest BCUT2D eigenvalue weighted by Gasteiger charge is 2.37. The van der Waals surface area contributed by atoms with Gasteiger partial charge >= 0.3 is 0 Å². The summed E-state index contributed by atoms with van der Waals surface area (Å²) in [6, 6.07) is 0. The summed E-state index contributed by atoms with van der Waals surface area (Å²) < 4.78 is 0. The Balaban J connectivity index is 1.76. The molecule has 1 saturated carbocycles. The Morgan fingerprint density at radius 1 is 1.38 bits per heavy atom. The van der Waals surface area contributed by atoms with Crippen molar-refractivity contribution in [3.05, 3.63) is 17.7 Å². The third-order valence-electron chi connectivity index (χ3n) is 4.05. The maximum absolute atomic E-state index is 6.26. The van der Waals surface area contributed by atoms with Crippen molar-refractivity contribution >= 4 is 0 Å². The molecule has 1 aromatic rings. The van der Waals surface area contributed by atoms with Gasteiger partial charge in [-0.05, 0) is 38.6 Å². The van der Waals surface area contributed by atoms with Crippen LogP contribution in [0.5, 0.6) is 0 Å². The monoisotopic (exact) mass is 220 g/mol. The van der Waals surface area contributed by atoms with Crippen LogP contribution in [0.2, 0.25) is 0 Å². The minimum absolute atomic E-state index is 0.152. The molecule has 2 aliphatic rings. The average molecular weight is 220 g/mol. The average Bonchev–Trinajstić information content (AvgIpc) is 2.77. The van der Waals surface area contributed by atoms with Crippen LogP contribution in [0, 0.1) is 0 Å². The predicted octanol–water partition coefficient (Wildman–Crippen LogP) is 1.21. The van der Waals surface area contributed by atoms with Crippen molar-refractivity contribution in [3.63, 3.8) is 0 Å². The van der Waals surface area contributed by atoms with Crippen LogP contribution in [0.25, 0.3) is 0 Å². The summed E-state index contributed by atoms with van der Waals surface area (Å²) in [4.78, 5) is 7.93. The second-order valence-corrected chi connectivity index (χ2v) is 5.24. The topological polar surface area (TPSA) is 66.7 Å². The van der Waals surface area contributed by atoms with Gasteiger partial charge in [0.25, 0.3) is 0 Å². The van der Waals surface area contributed by atoms with Crippen molar-refractivity contribution in [2.24, 2.45) is 5.73 Å². The minimum atomic E-state index is -0.152. The third-order valence-corrected chi connectivity index (χ3v) is 4.05. The van der Waals surface area contributed by atoms with Gasteiger partial charge in [-0.1, -0.05) is 0 Å². The molecule has 2 fully saturated rings. The number of aromatic nitrogens is 2. The molecular weight excluding hydrogens is 200 g/mol. The van der Waals surface area contributed by atoms with E-state index in [2.05, 4.69) is 15.3 Å². The second kappa shape index (κ2) is 3.86. The molecule has 1 aromatic heterocycles. The Morgan fingerprint density at radius 2 is 2.25 bits per heavy atom. The first-order valence-electron chi connectivity index (χ1n) is 6.33. The molecule has 1 atom stereocenters. The second-order valence-electron chi connectivity index (χ2n) is 5.24. The lowest BCUT2D eigenvalue weighted by Crippen LogP contribution is -2.44. The van der Waals surface area contributed by atoms with Gasteiger partial charge in [0.05, 0.1) is 5.54 Å². The Labute approximate surface area is 96.0 Å². The van der Waals surface area contributed by atoms with Gasteiger partial charge in [-0.2, -0.15) is 0 Å². The summed E-state index contributed by atoms with van der Waals surface area (Å²) in [5.74, 6) is 1.60. The molecule has 4 N–H and O–H groups in total. The lowest BCUT2D eigenvalue weighted by atomic mass is 9.77. The van der Waals surface area contributed by atoms with Crippen LogP contribution in [0.3, 0.4) is 0 Å². The van der Waals surface area contributed by atoms with Crippen molar-refractivity contribution in [3.8, 4) is 0 Å². The van der Waals surface area contributed by atoms with Gasteiger partial charge in [0.2, 0.25) is 0 Å². The first-order valence-corrected chi connectivity index (χ1v) is 6.33. The van der Waals surface area contributed by atoms with E-state index in [0.29, 0.717) is 5.92 Å². The lowest BCUT2D eigenvalue weighted by Gasteiger charge is -2.36. The molecule has 1 aliphatic carbocycles. The highest BCUT2D eigenvalue weighted by molar-refractivity contribution is 5.17. The Kier molecular flexibility index (Phi) is 2.48. The molecule has 1 unspecified atom stereocenters. The molecule has 88 valence electrons. The highest BCUT2D eigenvalue weighted by atomic mass is 15.0. The molecule has 3 rings (SSSR count). The molecule has 4 heteroatoms. The van der Waals surface area contributed by atoms with E-state index >= 15 is 0 Å². The van der Waals surface area contributed by atoms with Crippen LogP contribution < -0.4 is 11.1 Å². The standard InChI is InChI=1S/C12H20N4/c13-12(4-2-5-12)11-15-8-10(16-11)9-3-1-6-14-7-9/h8-9,14H,1-7,13H2,(H,15,16). The van der Waals surface area contributed by atoms with Gasteiger partial charge in [0, 0.05) is 24.4 Å². The summed E-state index contributed by atoms with van der Waals surface area (Å²) in [5, 5.41) is 3.43. The molecule has 0 bridgehead atoms. The van der Waals surface area contributed by atoms with E-state index in [4.69, 9.17) is 5.73 Å². The molecule has 16 heavy (non-hydrogen) atoms. The Bertz CT molecular complexity index is 361. The number of piperidine rings is 1. The van der Waals surface area contributed by atoms with Crippen molar-refractivity contribution < 1.29 is 0 Å². The fourth-order valence-corrected chi connectivity index (χ4v) is 2.71. The molecule has 0 amide bonds. The molecule has 0 aromatic carbocycles. The fraction of sp³-hybridized carbons (Fsp3) is 0.750. The maximum atomic E-state index is 6.26. The van der Waals surface area contributed by atoms with E-state index in [1.54, 1.807) is 0 Å². The van der Waals surface area contributed by atoms with E-state index in [9.17, 15) is 0 Å². The number of imidazole rings is 1. The van der Waals surface area contributed by atoms with Crippen LogP contribution >= 0.6 is 0 Å². The molecular formula is C12H20N4. The third kappa shape index (κ3) is 1.66. The molecule has 0 spiro atoms. The van der Waals surface area contributed by atoms with Gasteiger partial charge in [-0.3, -0.25) is 0 Å². The number of hydrogen-bond acceptors (Lipinski definition) is 3. The smallest absolute Gasteiger partial charge is 0.126 e. The summed E-state index contributed by atoms with van der Waals surface area (Å²) in [5.41, 5.74) is 7.37. The number of nitrogens with one attached hydrogen (secondary N) is 2. The van der Waals surface area contributed by atoms with E-state index in [0.717, 1.165) is 31.8 Å². The van der Waals surface area contributed by atoms with Crippen LogP contribution in [-0.4, -0.2) is 23.1 Å². The van der Waals surface area contributed by atoms with E-state index in [1.807, 2.05) is 6.20 Å².